The molecular weight excluding hydrogens is 356 g/mol. The van der Waals surface area contributed by atoms with Crippen molar-refractivity contribution in [3.63, 3.8) is 0 Å². The summed E-state index contributed by atoms with van der Waals surface area (Å²) in [6, 6.07) is -0.393. The van der Waals surface area contributed by atoms with Gasteiger partial charge in [-0.25, -0.2) is 18.6 Å². The number of alkyl carbamates (subject to hydrolysis) is 1. The lowest BCUT2D eigenvalue weighted by Gasteiger charge is -2.22. The number of carbonyl (C=O) groups is 2. The average Bonchev–Trinajstić information content (AvgIpc) is 3.15. The molecule has 8 heteroatoms. The minimum atomic E-state index is -0.629. The number of rotatable bonds is 4. The molecule has 1 N–H and O–H groups in total. The number of benzene rings is 1. The summed E-state index contributed by atoms with van der Waals surface area (Å²) in [5.74, 6) is -1.53. The second kappa shape index (κ2) is 6.90. The normalized spacial score (nSPS) is 17.6. The van der Waals surface area contributed by atoms with Crippen LogP contribution in [0.4, 0.5) is 13.6 Å². The molecule has 1 aromatic carbocycles. The Bertz CT molecular complexity index is 902. The van der Waals surface area contributed by atoms with Gasteiger partial charge < -0.3 is 19.4 Å². The van der Waals surface area contributed by atoms with Gasteiger partial charge >= 0.3 is 6.09 Å². The summed E-state index contributed by atoms with van der Waals surface area (Å²) in [7, 11) is 0. The SMILES string of the molecule is C[C@@H](Cn1cnc2c(F)c3c(c(F)c21)CC(C=O)C3)NC(=O)OC(C)(C)C. The van der Waals surface area contributed by atoms with Gasteiger partial charge in [0.2, 0.25) is 0 Å². The highest BCUT2D eigenvalue weighted by atomic mass is 19.1. The van der Waals surface area contributed by atoms with Crippen LogP contribution in [0.2, 0.25) is 0 Å². The fourth-order valence-corrected chi connectivity index (χ4v) is 3.43. The fraction of sp³-hybridized carbons (Fsp3) is 0.526. The van der Waals surface area contributed by atoms with Gasteiger partial charge in [-0.2, -0.15) is 0 Å². The summed E-state index contributed by atoms with van der Waals surface area (Å²) in [5.41, 5.74) is -0.150. The molecule has 0 fully saturated rings. The van der Waals surface area contributed by atoms with Crippen molar-refractivity contribution in [1.82, 2.24) is 14.9 Å². The van der Waals surface area contributed by atoms with E-state index in [0.717, 1.165) is 6.29 Å². The maximum Gasteiger partial charge on any atom is 0.407 e. The summed E-state index contributed by atoms with van der Waals surface area (Å²) < 4.78 is 36.5. The minimum Gasteiger partial charge on any atom is -0.444 e. The van der Waals surface area contributed by atoms with Crippen molar-refractivity contribution in [3.8, 4) is 0 Å². The van der Waals surface area contributed by atoms with Crippen LogP contribution in [0.25, 0.3) is 11.0 Å². The molecule has 2 atom stereocenters. The summed E-state index contributed by atoms with van der Waals surface area (Å²) in [6.07, 6.45) is 1.89. The van der Waals surface area contributed by atoms with Crippen molar-refractivity contribution in [2.45, 2.75) is 58.7 Å². The number of ether oxygens (including phenoxy) is 1. The second-order valence-electron chi connectivity index (χ2n) is 8.03. The minimum absolute atomic E-state index is 0.0515. The number of nitrogens with one attached hydrogen (secondary N) is 1. The van der Waals surface area contributed by atoms with Crippen LogP contribution in [0, 0.1) is 17.6 Å². The van der Waals surface area contributed by atoms with Crippen molar-refractivity contribution in [3.05, 3.63) is 29.1 Å². The van der Waals surface area contributed by atoms with Crippen LogP contribution in [0.5, 0.6) is 0 Å². The predicted molar refractivity (Wildman–Crippen MR) is 95.4 cm³/mol. The number of aldehydes is 1. The van der Waals surface area contributed by atoms with Crippen molar-refractivity contribution in [2.75, 3.05) is 0 Å². The molecule has 1 amide bonds. The van der Waals surface area contributed by atoms with E-state index in [4.69, 9.17) is 4.74 Å². The van der Waals surface area contributed by atoms with E-state index in [2.05, 4.69) is 10.3 Å². The van der Waals surface area contributed by atoms with Crippen molar-refractivity contribution in [2.24, 2.45) is 5.92 Å². The van der Waals surface area contributed by atoms with Crippen LogP contribution in [0.3, 0.4) is 0 Å². The smallest absolute Gasteiger partial charge is 0.407 e. The van der Waals surface area contributed by atoms with Gasteiger partial charge in [0.05, 0.1) is 6.33 Å². The van der Waals surface area contributed by atoms with Gasteiger partial charge in [0.25, 0.3) is 0 Å². The lowest BCUT2D eigenvalue weighted by molar-refractivity contribution is -0.110. The molecule has 1 aliphatic rings. The van der Waals surface area contributed by atoms with E-state index in [1.807, 2.05) is 0 Å². The summed E-state index contributed by atoms with van der Waals surface area (Å²) >= 11 is 0. The van der Waals surface area contributed by atoms with Crippen molar-refractivity contribution in [1.29, 1.82) is 0 Å². The standard InChI is InChI=1S/C19H23F2N3O3/c1-10(23-18(26)27-19(2,3)4)7-24-9-22-16-14(20)12-5-11(8-25)6-13(12)15(21)17(16)24/h8-11H,5-7H2,1-4H3,(H,23,26)/t10-,11?/m0/s1. The molecule has 1 aliphatic carbocycles. The molecule has 2 aromatic rings. The Morgan fingerprint density at radius 2 is 2.00 bits per heavy atom. The van der Waals surface area contributed by atoms with Gasteiger partial charge in [-0.05, 0) is 51.7 Å². The first-order valence-electron chi connectivity index (χ1n) is 8.89. The summed E-state index contributed by atoms with van der Waals surface area (Å²) in [5, 5.41) is 2.67. The van der Waals surface area contributed by atoms with Gasteiger partial charge in [-0.3, -0.25) is 0 Å². The Morgan fingerprint density at radius 1 is 1.37 bits per heavy atom. The van der Waals surface area contributed by atoms with Gasteiger partial charge in [0.1, 0.15) is 22.9 Å². The van der Waals surface area contributed by atoms with Gasteiger partial charge in [-0.1, -0.05) is 0 Å². The zero-order valence-corrected chi connectivity index (χ0v) is 15.8. The molecule has 1 aromatic heterocycles. The van der Waals surface area contributed by atoms with Crippen LogP contribution >= 0.6 is 0 Å². The number of imidazole rings is 1. The Morgan fingerprint density at radius 3 is 2.59 bits per heavy atom. The molecule has 6 nitrogen and oxygen atoms in total. The van der Waals surface area contributed by atoms with Crippen LogP contribution in [-0.4, -0.2) is 33.6 Å². The topological polar surface area (TPSA) is 73.2 Å². The van der Waals surface area contributed by atoms with E-state index in [-0.39, 0.29) is 41.5 Å². The maximum absolute atomic E-state index is 15.0. The van der Waals surface area contributed by atoms with E-state index >= 15 is 4.39 Å². The Kier molecular flexibility index (Phi) is 4.92. The lowest BCUT2D eigenvalue weighted by Crippen LogP contribution is -2.39. The maximum atomic E-state index is 15.0. The molecule has 1 unspecified atom stereocenters. The first-order valence-corrected chi connectivity index (χ1v) is 8.89. The van der Waals surface area contributed by atoms with E-state index in [9.17, 15) is 14.0 Å². The van der Waals surface area contributed by atoms with E-state index in [1.54, 1.807) is 27.7 Å². The number of amides is 1. The van der Waals surface area contributed by atoms with Gasteiger partial charge in [0, 0.05) is 18.5 Å². The number of hydrogen-bond acceptors (Lipinski definition) is 4. The summed E-state index contributed by atoms with van der Waals surface area (Å²) in [4.78, 5) is 26.9. The third-order valence-electron chi connectivity index (χ3n) is 4.51. The number of nitrogens with zero attached hydrogens (tertiary/aromatic N) is 2. The predicted octanol–water partition coefficient (Wildman–Crippen LogP) is 3.14. The Balaban J connectivity index is 1.86. The molecule has 0 bridgehead atoms. The molecule has 146 valence electrons. The highest BCUT2D eigenvalue weighted by molar-refractivity contribution is 5.80. The highest BCUT2D eigenvalue weighted by Crippen LogP contribution is 2.35. The summed E-state index contributed by atoms with van der Waals surface area (Å²) in [6.45, 7) is 7.20. The largest absolute Gasteiger partial charge is 0.444 e. The fourth-order valence-electron chi connectivity index (χ4n) is 3.43. The molecular formula is C19H23F2N3O3. The van der Waals surface area contributed by atoms with E-state index in [1.165, 1.54) is 10.9 Å². The van der Waals surface area contributed by atoms with E-state index in [0.29, 0.717) is 0 Å². The van der Waals surface area contributed by atoms with Crippen LogP contribution in [0.15, 0.2) is 6.33 Å². The third kappa shape index (κ3) is 3.79. The highest BCUT2D eigenvalue weighted by Gasteiger charge is 2.31. The zero-order chi connectivity index (χ0) is 19.9. The van der Waals surface area contributed by atoms with Gasteiger partial charge in [-0.15, -0.1) is 0 Å². The number of hydrogen-bond donors (Lipinski definition) is 1. The van der Waals surface area contributed by atoms with Crippen LogP contribution < -0.4 is 5.32 Å². The molecule has 0 radical (unpaired) electrons. The molecule has 0 aliphatic heterocycles. The van der Waals surface area contributed by atoms with Crippen molar-refractivity contribution >= 4 is 23.4 Å². The first kappa shape index (κ1) is 19.3. The number of halogens is 2. The number of aromatic nitrogens is 2. The zero-order valence-electron chi connectivity index (χ0n) is 15.8. The molecule has 3 rings (SSSR count). The van der Waals surface area contributed by atoms with Gasteiger partial charge in [0.15, 0.2) is 11.6 Å². The van der Waals surface area contributed by atoms with Crippen molar-refractivity contribution < 1.29 is 23.1 Å². The van der Waals surface area contributed by atoms with Crippen LogP contribution in [0.1, 0.15) is 38.8 Å². The molecule has 0 saturated heterocycles. The lowest BCUT2D eigenvalue weighted by atomic mass is 10.1. The molecule has 0 saturated carbocycles. The number of fused-ring (bicyclic) bond motifs is 2. The molecule has 0 spiro atoms. The average molecular weight is 379 g/mol. The van der Waals surface area contributed by atoms with Crippen LogP contribution in [-0.2, 0) is 28.9 Å². The first-order chi connectivity index (χ1) is 12.6. The molecule has 27 heavy (non-hydrogen) atoms. The second-order valence-corrected chi connectivity index (χ2v) is 8.03. The Labute approximate surface area is 155 Å². The third-order valence-corrected chi connectivity index (χ3v) is 4.51. The molecule has 1 heterocycles. The monoisotopic (exact) mass is 379 g/mol. The Hall–Kier alpha value is -2.51. The number of carbonyl (C=O) groups excluding carboxylic acids is 2. The quantitative estimate of drug-likeness (QED) is 0.829. The van der Waals surface area contributed by atoms with E-state index < -0.39 is 35.3 Å².